The third kappa shape index (κ3) is 3.39. The van der Waals surface area contributed by atoms with Crippen molar-refractivity contribution in [1.82, 2.24) is 24.4 Å². The predicted octanol–water partition coefficient (Wildman–Crippen LogP) is 2.60. The standard InChI is InChI=1S/C20H19FN6O3/c1-20(12-26-10-17(27(28)29)24-19(26)30-20)11-25-7-6-16-14(9-25)8-22-18(23-16)13-2-4-15(21)5-3-13/h2-5,8,10H,6-7,9,11-12H2,1H3. The molecule has 4 heterocycles. The van der Waals surface area contributed by atoms with Gasteiger partial charge in [0.05, 0.1) is 12.2 Å². The fourth-order valence-electron chi connectivity index (χ4n) is 4.08. The highest BCUT2D eigenvalue weighted by Crippen LogP contribution is 2.32. The number of nitro groups is 1. The SMILES string of the molecule is CC1(CN2CCc3nc(-c4ccc(F)cc4)ncc3C2)Cn2cc([N+](=O)[O-])nc2O1. The van der Waals surface area contributed by atoms with Crippen LogP contribution in [0.15, 0.2) is 36.7 Å². The van der Waals surface area contributed by atoms with Gasteiger partial charge in [-0.3, -0.25) is 9.47 Å². The molecule has 1 atom stereocenters. The van der Waals surface area contributed by atoms with Crippen molar-refractivity contribution in [3.05, 3.63) is 63.8 Å². The largest absolute Gasteiger partial charge is 0.436 e. The van der Waals surface area contributed by atoms with Crippen molar-refractivity contribution in [3.8, 4) is 17.4 Å². The lowest BCUT2D eigenvalue weighted by Gasteiger charge is -2.33. The third-order valence-corrected chi connectivity index (χ3v) is 5.43. The first-order valence-corrected chi connectivity index (χ1v) is 9.62. The summed E-state index contributed by atoms with van der Waals surface area (Å²) in [6.07, 6.45) is 4.02. The van der Waals surface area contributed by atoms with Crippen molar-refractivity contribution >= 4 is 5.82 Å². The molecule has 0 saturated carbocycles. The van der Waals surface area contributed by atoms with E-state index in [-0.39, 0.29) is 17.6 Å². The molecule has 0 saturated heterocycles. The Kier molecular flexibility index (Phi) is 4.24. The molecule has 1 aromatic carbocycles. The molecule has 0 radical (unpaired) electrons. The Balaban J connectivity index is 1.27. The minimum Gasteiger partial charge on any atom is -0.436 e. The Labute approximate surface area is 171 Å². The molecule has 2 aliphatic heterocycles. The molecule has 0 amide bonds. The number of rotatable bonds is 4. The van der Waals surface area contributed by atoms with E-state index < -0.39 is 10.5 Å². The maximum Gasteiger partial charge on any atom is 0.415 e. The average Bonchev–Trinajstić information content (AvgIpc) is 3.23. The van der Waals surface area contributed by atoms with Gasteiger partial charge >= 0.3 is 11.8 Å². The minimum atomic E-state index is -0.520. The van der Waals surface area contributed by atoms with Crippen LogP contribution < -0.4 is 4.74 Å². The molecule has 0 aliphatic carbocycles. The van der Waals surface area contributed by atoms with E-state index in [4.69, 9.17) is 4.74 Å². The first-order valence-electron chi connectivity index (χ1n) is 9.62. The lowest BCUT2D eigenvalue weighted by atomic mass is 10.0. The first-order chi connectivity index (χ1) is 14.4. The molecular formula is C20H19FN6O3. The third-order valence-electron chi connectivity index (χ3n) is 5.43. The smallest absolute Gasteiger partial charge is 0.415 e. The topological polar surface area (TPSA) is 99.2 Å². The van der Waals surface area contributed by atoms with E-state index in [9.17, 15) is 14.5 Å². The van der Waals surface area contributed by atoms with Gasteiger partial charge in [-0.2, -0.15) is 0 Å². The number of hydrogen-bond acceptors (Lipinski definition) is 7. The van der Waals surface area contributed by atoms with Crippen LogP contribution in [0.5, 0.6) is 6.01 Å². The fourth-order valence-corrected chi connectivity index (χ4v) is 4.08. The molecule has 3 aromatic rings. The van der Waals surface area contributed by atoms with Crippen molar-refractivity contribution in [1.29, 1.82) is 0 Å². The van der Waals surface area contributed by atoms with Crippen molar-refractivity contribution < 1.29 is 14.1 Å². The molecule has 0 spiro atoms. The molecule has 9 nitrogen and oxygen atoms in total. The van der Waals surface area contributed by atoms with Crippen LogP contribution in [-0.4, -0.2) is 48.0 Å². The Morgan fingerprint density at radius 3 is 2.83 bits per heavy atom. The Morgan fingerprint density at radius 2 is 2.10 bits per heavy atom. The van der Waals surface area contributed by atoms with Crippen LogP contribution in [0.4, 0.5) is 10.2 Å². The van der Waals surface area contributed by atoms with Crippen molar-refractivity contribution in [2.45, 2.75) is 32.0 Å². The Bertz CT molecular complexity index is 1110. The zero-order chi connectivity index (χ0) is 20.9. The van der Waals surface area contributed by atoms with Gasteiger partial charge in [0.25, 0.3) is 0 Å². The summed E-state index contributed by atoms with van der Waals surface area (Å²) in [6.45, 7) is 4.65. The van der Waals surface area contributed by atoms with E-state index in [1.165, 1.54) is 18.3 Å². The van der Waals surface area contributed by atoms with E-state index in [1.807, 2.05) is 13.1 Å². The summed E-state index contributed by atoms with van der Waals surface area (Å²) in [5.74, 6) is 0.111. The normalized spacial score (nSPS) is 20.5. The van der Waals surface area contributed by atoms with E-state index >= 15 is 0 Å². The molecule has 0 bridgehead atoms. The molecule has 2 aliphatic rings. The number of imidazole rings is 1. The van der Waals surface area contributed by atoms with Gasteiger partial charge in [0.1, 0.15) is 17.6 Å². The number of nitrogens with zero attached hydrogens (tertiary/aromatic N) is 6. The Hall–Kier alpha value is -3.40. The van der Waals surface area contributed by atoms with E-state index in [2.05, 4.69) is 19.9 Å². The second-order valence-corrected chi connectivity index (χ2v) is 7.95. The maximum atomic E-state index is 13.1. The monoisotopic (exact) mass is 410 g/mol. The lowest BCUT2D eigenvalue weighted by Crippen LogP contribution is -2.46. The van der Waals surface area contributed by atoms with Gasteiger partial charge in [-0.05, 0) is 36.1 Å². The first kappa shape index (κ1) is 18.6. The summed E-state index contributed by atoms with van der Waals surface area (Å²) in [6, 6.07) is 6.45. The zero-order valence-electron chi connectivity index (χ0n) is 16.3. The number of aromatic nitrogens is 4. The summed E-state index contributed by atoms with van der Waals surface area (Å²) in [5, 5.41) is 10.9. The van der Waals surface area contributed by atoms with Crippen LogP contribution in [0.25, 0.3) is 11.4 Å². The number of hydrogen-bond donors (Lipinski definition) is 0. The number of ether oxygens (including phenoxy) is 1. The van der Waals surface area contributed by atoms with Crippen molar-refractivity contribution in [2.24, 2.45) is 0 Å². The highest BCUT2D eigenvalue weighted by Gasteiger charge is 2.41. The molecule has 5 rings (SSSR count). The summed E-state index contributed by atoms with van der Waals surface area (Å²) >= 11 is 0. The summed E-state index contributed by atoms with van der Waals surface area (Å²) in [4.78, 5) is 25.7. The second-order valence-electron chi connectivity index (χ2n) is 7.95. The number of benzene rings is 1. The zero-order valence-corrected chi connectivity index (χ0v) is 16.3. The molecule has 1 unspecified atom stereocenters. The lowest BCUT2D eigenvalue weighted by molar-refractivity contribution is -0.389. The number of fused-ring (bicyclic) bond motifs is 2. The van der Waals surface area contributed by atoms with Crippen LogP contribution in [0.1, 0.15) is 18.2 Å². The highest BCUT2D eigenvalue weighted by atomic mass is 19.1. The van der Waals surface area contributed by atoms with Gasteiger partial charge in [-0.15, -0.1) is 0 Å². The molecule has 30 heavy (non-hydrogen) atoms. The molecule has 154 valence electrons. The van der Waals surface area contributed by atoms with Gasteiger partial charge < -0.3 is 14.9 Å². The average molecular weight is 410 g/mol. The van der Waals surface area contributed by atoms with Gasteiger partial charge in [0, 0.05) is 48.4 Å². The minimum absolute atomic E-state index is 0.201. The van der Waals surface area contributed by atoms with Crippen LogP contribution in [-0.2, 0) is 19.5 Å². The Morgan fingerprint density at radius 1 is 1.30 bits per heavy atom. The molecule has 10 heteroatoms. The summed E-state index contributed by atoms with van der Waals surface area (Å²) < 4.78 is 20.8. The van der Waals surface area contributed by atoms with Crippen LogP contribution >= 0.6 is 0 Å². The van der Waals surface area contributed by atoms with Gasteiger partial charge in [0.15, 0.2) is 5.82 Å². The maximum absolute atomic E-state index is 13.1. The quantitative estimate of drug-likeness (QED) is 0.481. The van der Waals surface area contributed by atoms with E-state index in [0.29, 0.717) is 25.5 Å². The van der Waals surface area contributed by atoms with Gasteiger partial charge in [0.2, 0.25) is 0 Å². The molecule has 2 aromatic heterocycles. The fraction of sp³-hybridized carbons (Fsp3) is 0.350. The van der Waals surface area contributed by atoms with Crippen LogP contribution in [0, 0.1) is 15.9 Å². The van der Waals surface area contributed by atoms with Crippen molar-refractivity contribution in [2.75, 3.05) is 13.1 Å². The summed E-state index contributed by atoms with van der Waals surface area (Å²) in [7, 11) is 0. The van der Waals surface area contributed by atoms with Crippen LogP contribution in [0.3, 0.4) is 0 Å². The summed E-state index contributed by atoms with van der Waals surface area (Å²) in [5.41, 5.74) is 2.34. The predicted molar refractivity (Wildman–Crippen MR) is 104 cm³/mol. The van der Waals surface area contributed by atoms with E-state index in [1.54, 1.807) is 16.7 Å². The molecular weight excluding hydrogens is 391 g/mol. The molecule has 0 N–H and O–H groups in total. The van der Waals surface area contributed by atoms with Gasteiger partial charge in [-0.25, -0.2) is 14.4 Å². The second kappa shape index (κ2) is 6.84. The van der Waals surface area contributed by atoms with Gasteiger partial charge in [-0.1, -0.05) is 0 Å². The number of halogens is 1. The molecule has 0 fully saturated rings. The van der Waals surface area contributed by atoms with Crippen molar-refractivity contribution in [3.63, 3.8) is 0 Å². The van der Waals surface area contributed by atoms with E-state index in [0.717, 1.165) is 29.8 Å². The van der Waals surface area contributed by atoms with Crippen LogP contribution in [0.2, 0.25) is 0 Å². The highest BCUT2D eigenvalue weighted by molar-refractivity contribution is 5.55.